The van der Waals surface area contributed by atoms with Crippen LogP contribution in [0.5, 0.6) is 5.75 Å². The van der Waals surface area contributed by atoms with E-state index in [1.807, 2.05) is 31.3 Å². The van der Waals surface area contributed by atoms with E-state index in [1.165, 1.54) is 0 Å². The fourth-order valence-corrected chi connectivity index (χ4v) is 4.05. The highest BCUT2D eigenvalue weighted by molar-refractivity contribution is 7.99. The SMILES string of the molecule is CCCSc1ncccc1COc1ccc(C2CC2C(=O)O)c(C)c1C. The highest BCUT2D eigenvalue weighted by atomic mass is 32.2. The van der Waals surface area contributed by atoms with Gasteiger partial charge >= 0.3 is 5.97 Å². The first-order valence-corrected chi connectivity index (χ1v) is 10.0. The summed E-state index contributed by atoms with van der Waals surface area (Å²) < 4.78 is 6.08. The van der Waals surface area contributed by atoms with Gasteiger partial charge in [-0.2, -0.15) is 0 Å². The summed E-state index contributed by atoms with van der Waals surface area (Å²) in [5.41, 5.74) is 4.47. The van der Waals surface area contributed by atoms with E-state index in [0.717, 1.165) is 51.6 Å². The first kappa shape index (κ1) is 18.8. The number of thioether (sulfide) groups is 1. The first-order valence-electron chi connectivity index (χ1n) is 9.05. The Morgan fingerprint density at radius 1 is 1.31 bits per heavy atom. The molecule has 5 heteroatoms. The third-order valence-corrected chi connectivity index (χ3v) is 6.22. The van der Waals surface area contributed by atoms with Crippen molar-refractivity contribution >= 4 is 17.7 Å². The minimum absolute atomic E-state index is 0.149. The molecule has 0 spiro atoms. The summed E-state index contributed by atoms with van der Waals surface area (Å²) in [7, 11) is 0. The topological polar surface area (TPSA) is 59.4 Å². The average Bonchev–Trinajstić information content (AvgIpc) is 3.43. The standard InChI is InChI=1S/C21H25NO3S/c1-4-10-26-20-15(6-5-9-22-20)12-25-19-8-7-16(13(2)14(19)3)17-11-18(17)21(23)24/h5-9,17-18H,4,10-12H2,1-3H3,(H,23,24). The fourth-order valence-electron chi connectivity index (χ4n) is 3.20. The lowest BCUT2D eigenvalue weighted by Crippen LogP contribution is -2.03. The molecule has 1 saturated carbocycles. The molecule has 1 aromatic carbocycles. The molecule has 0 aliphatic heterocycles. The van der Waals surface area contributed by atoms with Crippen molar-refractivity contribution in [3.05, 3.63) is 52.7 Å². The van der Waals surface area contributed by atoms with Crippen LogP contribution in [0.3, 0.4) is 0 Å². The summed E-state index contributed by atoms with van der Waals surface area (Å²) in [6, 6.07) is 8.00. The molecule has 2 aromatic rings. The molecule has 138 valence electrons. The molecule has 0 saturated heterocycles. The minimum Gasteiger partial charge on any atom is -0.489 e. The maximum Gasteiger partial charge on any atom is 0.307 e. The van der Waals surface area contributed by atoms with Crippen molar-refractivity contribution in [1.82, 2.24) is 4.98 Å². The third kappa shape index (κ3) is 4.04. The van der Waals surface area contributed by atoms with Gasteiger partial charge in [0.05, 0.1) is 5.92 Å². The number of ether oxygens (including phenoxy) is 1. The molecule has 1 aliphatic carbocycles. The summed E-state index contributed by atoms with van der Waals surface area (Å²) in [6.45, 7) is 6.75. The Balaban J connectivity index is 1.72. The number of rotatable bonds is 8. The lowest BCUT2D eigenvalue weighted by Gasteiger charge is -2.15. The second-order valence-electron chi connectivity index (χ2n) is 6.79. The van der Waals surface area contributed by atoms with Crippen LogP contribution >= 0.6 is 11.8 Å². The van der Waals surface area contributed by atoms with Crippen LogP contribution < -0.4 is 4.74 Å². The van der Waals surface area contributed by atoms with Gasteiger partial charge in [-0.1, -0.05) is 19.1 Å². The third-order valence-electron chi connectivity index (χ3n) is 4.96. The maximum atomic E-state index is 11.1. The predicted octanol–water partition coefficient (Wildman–Crippen LogP) is 4.97. The molecule has 0 radical (unpaired) electrons. The van der Waals surface area contributed by atoms with Crippen LogP contribution in [0.1, 0.15) is 47.9 Å². The van der Waals surface area contributed by atoms with Crippen LogP contribution in [0.15, 0.2) is 35.5 Å². The number of carbonyl (C=O) groups is 1. The van der Waals surface area contributed by atoms with Gasteiger partial charge in [-0.25, -0.2) is 4.98 Å². The number of aromatic nitrogens is 1. The zero-order valence-electron chi connectivity index (χ0n) is 15.5. The van der Waals surface area contributed by atoms with Gasteiger partial charge in [-0.05, 0) is 67.2 Å². The van der Waals surface area contributed by atoms with Crippen molar-refractivity contribution in [3.8, 4) is 5.75 Å². The van der Waals surface area contributed by atoms with Crippen molar-refractivity contribution in [2.75, 3.05) is 5.75 Å². The Labute approximate surface area is 159 Å². The smallest absolute Gasteiger partial charge is 0.307 e. The van der Waals surface area contributed by atoms with E-state index in [0.29, 0.717) is 6.61 Å². The second kappa shape index (κ2) is 8.12. The van der Waals surface area contributed by atoms with Crippen LogP contribution in [0.4, 0.5) is 0 Å². The summed E-state index contributed by atoms with van der Waals surface area (Å²) in [5, 5.41) is 10.2. The summed E-state index contributed by atoms with van der Waals surface area (Å²) in [4.78, 5) is 15.6. The maximum absolute atomic E-state index is 11.1. The largest absolute Gasteiger partial charge is 0.489 e. The summed E-state index contributed by atoms with van der Waals surface area (Å²) >= 11 is 1.76. The van der Waals surface area contributed by atoms with Crippen LogP contribution in [-0.2, 0) is 11.4 Å². The molecule has 1 aromatic heterocycles. The molecule has 2 atom stereocenters. The van der Waals surface area contributed by atoms with Gasteiger partial charge in [-0.15, -0.1) is 11.8 Å². The van der Waals surface area contributed by atoms with E-state index < -0.39 is 5.97 Å². The number of hydrogen-bond donors (Lipinski definition) is 1. The molecule has 4 nitrogen and oxygen atoms in total. The van der Waals surface area contributed by atoms with Gasteiger partial charge in [0.1, 0.15) is 17.4 Å². The van der Waals surface area contributed by atoms with Crippen LogP contribution in [0.2, 0.25) is 0 Å². The Morgan fingerprint density at radius 2 is 2.12 bits per heavy atom. The van der Waals surface area contributed by atoms with Gasteiger partial charge in [0.15, 0.2) is 0 Å². The molecular formula is C21H25NO3S. The number of nitrogens with zero attached hydrogens (tertiary/aromatic N) is 1. The number of carboxylic acids is 1. The predicted molar refractivity (Wildman–Crippen MR) is 104 cm³/mol. The molecule has 26 heavy (non-hydrogen) atoms. The first-order chi connectivity index (χ1) is 12.5. The number of pyridine rings is 1. The number of benzene rings is 1. The lowest BCUT2D eigenvalue weighted by atomic mass is 9.98. The van der Waals surface area contributed by atoms with Crippen LogP contribution in [0, 0.1) is 19.8 Å². The number of aliphatic carboxylic acids is 1. The Kier molecular flexibility index (Phi) is 5.87. The quantitative estimate of drug-likeness (QED) is 0.664. The Bertz CT molecular complexity index is 806. The molecule has 1 aliphatic rings. The van der Waals surface area contributed by atoms with Crippen LogP contribution in [0.25, 0.3) is 0 Å². The highest BCUT2D eigenvalue weighted by Gasteiger charge is 2.45. The minimum atomic E-state index is -0.693. The van der Waals surface area contributed by atoms with Gasteiger partial charge < -0.3 is 9.84 Å². The zero-order chi connectivity index (χ0) is 18.7. The Morgan fingerprint density at radius 3 is 2.81 bits per heavy atom. The molecule has 0 amide bonds. The average molecular weight is 372 g/mol. The van der Waals surface area contributed by atoms with Crippen molar-refractivity contribution in [1.29, 1.82) is 0 Å². The van der Waals surface area contributed by atoms with Gasteiger partial charge in [0.25, 0.3) is 0 Å². The molecule has 1 N–H and O–H groups in total. The van der Waals surface area contributed by atoms with E-state index in [9.17, 15) is 4.79 Å². The molecule has 0 bridgehead atoms. The molecule has 3 rings (SSSR count). The van der Waals surface area contributed by atoms with Crippen LogP contribution in [-0.4, -0.2) is 21.8 Å². The van der Waals surface area contributed by atoms with Gasteiger partial charge in [0.2, 0.25) is 0 Å². The molecule has 2 unspecified atom stereocenters. The van der Waals surface area contributed by atoms with E-state index in [1.54, 1.807) is 11.8 Å². The number of carboxylic acid groups (broad SMARTS) is 1. The van der Waals surface area contributed by atoms with Crippen molar-refractivity contribution in [3.63, 3.8) is 0 Å². The van der Waals surface area contributed by atoms with E-state index in [-0.39, 0.29) is 11.8 Å². The molecule has 1 fully saturated rings. The van der Waals surface area contributed by atoms with E-state index in [2.05, 4.69) is 24.9 Å². The normalized spacial score (nSPS) is 18.6. The zero-order valence-corrected chi connectivity index (χ0v) is 16.3. The Hall–Kier alpha value is -2.01. The van der Waals surface area contributed by atoms with Gasteiger partial charge in [0, 0.05) is 11.8 Å². The number of hydrogen-bond acceptors (Lipinski definition) is 4. The van der Waals surface area contributed by atoms with Crippen molar-refractivity contribution in [2.45, 2.75) is 51.2 Å². The highest BCUT2D eigenvalue weighted by Crippen LogP contribution is 2.49. The van der Waals surface area contributed by atoms with E-state index in [4.69, 9.17) is 9.84 Å². The lowest BCUT2D eigenvalue weighted by molar-refractivity contribution is -0.138. The van der Waals surface area contributed by atoms with E-state index >= 15 is 0 Å². The van der Waals surface area contributed by atoms with Gasteiger partial charge in [-0.3, -0.25) is 4.79 Å². The van der Waals surface area contributed by atoms with Crippen molar-refractivity contribution in [2.24, 2.45) is 5.92 Å². The monoisotopic (exact) mass is 371 g/mol. The molecule has 1 heterocycles. The summed E-state index contributed by atoms with van der Waals surface area (Å²) in [6.07, 6.45) is 3.67. The fraction of sp³-hybridized carbons (Fsp3) is 0.429. The second-order valence-corrected chi connectivity index (χ2v) is 7.88. The summed E-state index contributed by atoms with van der Waals surface area (Å²) in [5.74, 6) is 1.13. The molecular weight excluding hydrogens is 346 g/mol. The van der Waals surface area contributed by atoms with Crippen molar-refractivity contribution < 1.29 is 14.6 Å².